The number of rotatable bonds is 3. The molecule has 3 rings (SSSR count). The van der Waals surface area contributed by atoms with Gasteiger partial charge in [0.15, 0.2) is 0 Å². The summed E-state index contributed by atoms with van der Waals surface area (Å²) in [5.41, 5.74) is 1.15. The molecule has 7 heteroatoms. The molecule has 2 heterocycles. The molecule has 22 heavy (non-hydrogen) atoms. The van der Waals surface area contributed by atoms with E-state index in [1.54, 1.807) is 0 Å². The molecule has 0 bridgehead atoms. The van der Waals surface area contributed by atoms with E-state index in [0.717, 1.165) is 36.9 Å². The highest BCUT2D eigenvalue weighted by Gasteiger charge is 2.28. The summed E-state index contributed by atoms with van der Waals surface area (Å²) < 4.78 is 0. The molecule has 2 fully saturated rings. The van der Waals surface area contributed by atoms with Gasteiger partial charge < -0.3 is 10.2 Å². The van der Waals surface area contributed by atoms with Gasteiger partial charge in [-0.05, 0) is 24.3 Å². The molecule has 118 valence electrons. The number of hydrogen-bond acceptors (Lipinski definition) is 4. The number of nitrogens with zero attached hydrogens (tertiary/aromatic N) is 3. The van der Waals surface area contributed by atoms with E-state index >= 15 is 0 Å². The minimum absolute atomic E-state index is 0.116. The minimum atomic E-state index is -0.273. The predicted molar refractivity (Wildman–Crippen MR) is 85.2 cm³/mol. The Labute approximate surface area is 134 Å². The van der Waals surface area contributed by atoms with Gasteiger partial charge in [0.25, 0.3) is 0 Å². The van der Waals surface area contributed by atoms with Crippen molar-refractivity contribution in [2.24, 2.45) is 0 Å². The zero-order valence-corrected chi connectivity index (χ0v) is 13.1. The zero-order chi connectivity index (χ0) is 15.5. The number of halogens is 1. The van der Waals surface area contributed by atoms with Crippen LogP contribution in [0.25, 0.3) is 0 Å². The van der Waals surface area contributed by atoms with Crippen molar-refractivity contribution < 1.29 is 9.59 Å². The summed E-state index contributed by atoms with van der Waals surface area (Å²) in [7, 11) is 0. The summed E-state index contributed by atoms with van der Waals surface area (Å²) in [5.74, 6) is -0.116. The normalized spacial score (nSPS) is 19.4. The van der Waals surface area contributed by atoms with E-state index in [-0.39, 0.29) is 11.9 Å². The Morgan fingerprint density at radius 2 is 1.77 bits per heavy atom. The van der Waals surface area contributed by atoms with Crippen LogP contribution in [0.3, 0.4) is 0 Å². The van der Waals surface area contributed by atoms with Crippen LogP contribution in [0.4, 0.5) is 10.5 Å². The molecule has 2 saturated heterocycles. The first-order valence-corrected chi connectivity index (χ1v) is 7.82. The smallest absolute Gasteiger partial charge is 0.324 e. The Hall–Kier alpha value is -1.79. The van der Waals surface area contributed by atoms with Crippen LogP contribution in [-0.4, -0.2) is 67.6 Å². The fourth-order valence-electron chi connectivity index (χ4n) is 2.80. The molecule has 2 aliphatic heterocycles. The van der Waals surface area contributed by atoms with E-state index in [9.17, 15) is 9.59 Å². The predicted octanol–water partition coefficient (Wildman–Crippen LogP) is 1.01. The standard InChI is InChI=1S/C15H19ClN4O2/c16-12-1-3-13(4-2-12)19-9-7-18(8-10-19)11-14(21)20-6-5-17-15(20)22/h1-4H,5-11H2,(H,17,22). The Morgan fingerprint density at radius 1 is 1.09 bits per heavy atom. The van der Waals surface area contributed by atoms with Crippen LogP contribution >= 0.6 is 11.6 Å². The molecule has 0 saturated carbocycles. The number of carbonyl (C=O) groups excluding carboxylic acids is 2. The quantitative estimate of drug-likeness (QED) is 0.902. The van der Waals surface area contributed by atoms with Gasteiger partial charge in [0.2, 0.25) is 5.91 Å². The molecule has 1 N–H and O–H groups in total. The van der Waals surface area contributed by atoms with Crippen LogP contribution in [0.2, 0.25) is 5.02 Å². The second-order valence-corrected chi connectivity index (χ2v) is 5.95. The van der Waals surface area contributed by atoms with Crippen LogP contribution in [0.15, 0.2) is 24.3 Å². The van der Waals surface area contributed by atoms with Crippen molar-refractivity contribution in [3.63, 3.8) is 0 Å². The lowest BCUT2D eigenvalue weighted by Crippen LogP contribution is -2.50. The first-order chi connectivity index (χ1) is 10.6. The van der Waals surface area contributed by atoms with Crippen LogP contribution < -0.4 is 10.2 Å². The lowest BCUT2D eigenvalue weighted by atomic mass is 10.2. The van der Waals surface area contributed by atoms with E-state index < -0.39 is 0 Å². The van der Waals surface area contributed by atoms with Crippen molar-refractivity contribution in [3.05, 3.63) is 29.3 Å². The van der Waals surface area contributed by atoms with Gasteiger partial charge >= 0.3 is 6.03 Å². The Bertz CT molecular complexity index is 555. The summed E-state index contributed by atoms with van der Waals surface area (Å²) in [5, 5.41) is 3.38. The molecule has 0 spiro atoms. The fourth-order valence-corrected chi connectivity index (χ4v) is 2.93. The third-order valence-corrected chi connectivity index (χ3v) is 4.33. The number of hydrogen-bond donors (Lipinski definition) is 1. The van der Waals surface area contributed by atoms with E-state index in [0.29, 0.717) is 19.6 Å². The topological polar surface area (TPSA) is 55.9 Å². The maximum absolute atomic E-state index is 12.1. The first-order valence-electron chi connectivity index (χ1n) is 7.44. The van der Waals surface area contributed by atoms with E-state index in [1.807, 2.05) is 24.3 Å². The maximum atomic E-state index is 12.1. The first kappa shape index (κ1) is 15.1. The maximum Gasteiger partial charge on any atom is 0.324 e. The average molecular weight is 323 g/mol. The Kier molecular flexibility index (Phi) is 4.49. The lowest BCUT2D eigenvalue weighted by molar-refractivity contribution is -0.128. The molecular weight excluding hydrogens is 304 g/mol. The second kappa shape index (κ2) is 6.54. The molecule has 3 amide bonds. The molecule has 0 aliphatic carbocycles. The van der Waals surface area contributed by atoms with Gasteiger partial charge in [0, 0.05) is 50.0 Å². The molecule has 0 unspecified atom stereocenters. The molecule has 0 atom stereocenters. The summed E-state index contributed by atoms with van der Waals surface area (Å²) in [6.07, 6.45) is 0. The Balaban J connectivity index is 1.50. The number of nitrogens with one attached hydrogen (secondary N) is 1. The van der Waals surface area contributed by atoms with E-state index in [2.05, 4.69) is 15.1 Å². The minimum Gasteiger partial charge on any atom is -0.369 e. The highest BCUT2D eigenvalue weighted by Crippen LogP contribution is 2.19. The third-order valence-electron chi connectivity index (χ3n) is 4.08. The van der Waals surface area contributed by atoms with Gasteiger partial charge in [-0.1, -0.05) is 11.6 Å². The summed E-state index contributed by atoms with van der Waals surface area (Å²) in [6, 6.07) is 7.53. The van der Waals surface area contributed by atoms with E-state index in [4.69, 9.17) is 11.6 Å². The molecule has 1 aromatic carbocycles. The molecule has 0 aromatic heterocycles. The number of piperazine rings is 1. The third kappa shape index (κ3) is 3.34. The number of amides is 3. The number of carbonyl (C=O) groups is 2. The van der Waals surface area contributed by atoms with Crippen molar-refractivity contribution in [1.82, 2.24) is 15.1 Å². The summed E-state index contributed by atoms with van der Waals surface area (Å²) in [6.45, 7) is 4.68. The van der Waals surface area contributed by atoms with Crippen LogP contribution in [0.1, 0.15) is 0 Å². The van der Waals surface area contributed by atoms with Crippen molar-refractivity contribution in [2.45, 2.75) is 0 Å². The van der Waals surface area contributed by atoms with Gasteiger partial charge in [-0.2, -0.15) is 0 Å². The van der Waals surface area contributed by atoms with Crippen molar-refractivity contribution in [3.8, 4) is 0 Å². The second-order valence-electron chi connectivity index (χ2n) is 5.52. The zero-order valence-electron chi connectivity index (χ0n) is 12.3. The largest absolute Gasteiger partial charge is 0.369 e. The highest BCUT2D eigenvalue weighted by molar-refractivity contribution is 6.30. The number of imide groups is 1. The Morgan fingerprint density at radius 3 is 2.36 bits per heavy atom. The summed E-state index contributed by atoms with van der Waals surface area (Å²) >= 11 is 5.90. The van der Waals surface area contributed by atoms with Crippen LogP contribution in [-0.2, 0) is 4.79 Å². The molecule has 0 radical (unpaired) electrons. The average Bonchev–Trinajstić information content (AvgIpc) is 2.95. The number of anilines is 1. The molecular formula is C15H19ClN4O2. The summed E-state index contributed by atoms with van der Waals surface area (Å²) in [4.78, 5) is 29.3. The van der Waals surface area contributed by atoms with Gasteiger partial charge in [-0.3, -0.25) is 14.6 Å². The van der Waals surface area contributed by atoms with Gasteiger partial charge in [-0.15, -0.1) is 0 Å². The lowest BCUT2D eigenvalue weighted by Gasteiger charge is -2.36. The fraction of sp³-hybridized carbons (Fsp3) is 0.467. The number of urea groups is 1. The number of benzene rings is 1. The highest BCUT2D eigenvalue weighted by atomic mass is 35.5. The monoisotopic (exact) mass is 322 g/mol. The van der Waals surface area contributed by atoms with Gasteiger partial charge in [-0.25, -0.2) is 4.79 Å². The molecule has 6 nitrogen and oxygen atoms in total. The molecule has 2 aliphatic rings. The molecule has 1 aromatic rings. The van der Waals surface area contributed by atoms with Gasteiger partial charge in [0.05, 0.1) is 6.54 Å². The van der Waals surface area contributed by atoms with Crippen LogP contribution in [0, 0.1) is 0 Å². The SMILES string of the molecule is O=C(CN1CCN(c2ccc(Cl)cc2)CC1)N1CCNC1=O. The van der Waals surface area contributed by atoms with Crippen molar-refractivity contribution in [1.29, 1.82) is 0 Å². The van der Waals surface area contributed by atoms with Crippen molar-refractivity contribution in [2.75, 3.05) is 50.7 Å². The van der Waals surface area contributed by atoms with Gasteiger partial charge in [0.1, 0.15) is 0 Å². The van der Waals surface area contributed by atoms with Crippen LogP contribution in [0.5, 0.6) is 0 Å². The van der Waals surface area contributed by atoms with E-state index in [1.165, 1.54) is 4.90 Å². The van der Waals surface area contributed by atoms with Crippen molar-refractivity contribution >= 4 is 29.2 Å².